The van der Waals surface area contributed by atoms with Crippen LogP contribution in [0.1, 0.15) is 35.7 Å². The van der Waals surface area contributed by atoms with Gasteiger partial charge in [-0.3, -0.25) is 4.79 Å². The van der Waals surface area contributed by atoms with Crippen LogP contribution in [0, 0.1) is 5.13 Å². The maximum atomic E-state index is 13.2. The third kappa shape index (κ3) is 4.05. The lowest BCUT2D eigenvalue weighted by atomic mass is 9.87. The Balaban J connectivity index is 1.67. The second-order valence-corrected chi connectivity index (χ2v) is 8.10. The van der Waals surface area contributed by atoms with Crippen molar-refractivity contribution in [2.75, 3.05) is 13.7 Å². The van der Waals surface area contributed by atoms with Gasteiger partial charge in [0.2, 0.25) is 0 Å². The third-order valence-corrected chi connectivity index (χ3v) is 6.05. The van der Waals surface area contributed by atoms with Gasteiger partial charge in [0.05, 0.1) is 24.7 Å². The number of esters is 2. The summed E-state index contributed by atoms with van der Waals surface area (Å²) in [6.07, 6.45) is 1.47. The summed E-state index contributed by atoms with van der Waals surface area (Å²) < 4.78 is 29.4. The van der Waals surface area contributed by atoms with Crippen LogP contribution in [0.2, 0.25) is 0 Å². The molecule has 0 saturated heterocycles. The molecular weight excluding hydrogens is 419 g/mol. The van der Waals surface area contributed by atoms with E-state index in [2.05, 4.69) is 0 Å². The van der Waals surface area contributed by atoms with Crippen LogP contribution in [0.25, 0.3) is 11.1 Å². The standard InChI is InChI=1S/C24H21FO5S/c1-3-29-23(27)24(10-11-24)19-7-5-4-6-17(19)18-9-8-16(13-20(18)28-2)30-22(26)15-12-21(25)31-14-15/h4-9,12-14H,3,10-11H2,1-2H3. The molecule has 160 valence electrons. The largest absolute Gasteiger partial charge is 0.496 e. The molecule has 0 unspecified atom stereocenters. The summed E-state index contributed by atoms with van der Waals surface area (Å²) in [5.74, 6) is -0.0836. The van der Waals surface area contributed by atoms with Gasteiger partial charge in [0.25, 0.3) is 0 Å². The van der Waals surface area contributed by atoms with Crippen LogP contribution in [0.3, 0.4) is 0 Å². The first kappa shape index (κ1) is 21.1. The van der Waals surface area contributed by atoms with Gasteiger partial charge in [-0.2, -0.15) is 4.39 Å². The van der Waals surface area contributed by atoms with Gasteiger partial charge in [0.15, 0.2) is 5.13 Å². The molecule has 5 nitrogen and oxygen atoms in total. The molecule has 0 amide bonds. The number of rotatable bonds is 7. The van der Waals surface area contributed by atoms with Gasteiger partial charge in [0.1, 0.15) is 11.5 Å². The van der Waals surface area contributed by atoms with E-state index >= 15 is 0 Å². The summed E-state index contributed by atoms with van der Waals surface area (Å²) in [4.78, 5) is 24.9. The van der Waals surface area contributed by atoms with Gasteiger partial charge in [-0.15, -0.1) is 11.3 Å². The fourth-order valence-corrected chi connectivity index (χ4v) is 4.25. The maximum absolute atomic E-state index is 13.2. The smallest absolute Gasteiger partial charge is 0.344 e. The molecule has 0 aliphatic heterocycles. The molecule has 4 rings (SSSR count). The lowest BCUT2D eigenvalue weighted by Crippen LogP contribution is -2.24. The second kappa shape index (κ2) is 8.51. The Bertz CT molecular complexity index is 1130. The van der Waals surface area contributed by atoms with Crippen LogP contribution < -0.4 is 9.47 Å². The molecule has 0 N–H and O–H groups in total. The Morgan fingerprint density at radius 1 is 1.10 bits per heavy atom. The van der Waals surface area contributed by atoms with Crippen LogP contribution in [-0.4, -0.2) is 25.7 Å². The summed E-state index contributed by atoms with van der Waals surface area (Å²) in [6, 6.07) is 13.9. The Morgan fingerprint density at radius 2 is 1.87 bits per heavy atom. The van der Waals surface area contributed by atoms with E-state index in [0.717, 1.165) is 46.9 Å². The molecule has 0 bridgehead atoms. The minimum atomic E-state index is -0.644. The Morgan fingerprint density at radius 3 is 2.52 bits per heavy atom. The lowest BCUT2D eigenvalue weighted by Gasteiger charge is -2.20. The highest BCUT2D eigenvalue weighted by Crippen LogP contribution is 2.53. The number of carbonyl (C=O) groups is 2. The van der Waals surface area contributed by atoms with Gasteiger partial charge in [-0.1, -0.05) is 24.3 Å². The number of carbonyl (C=O) groups excluding carboxylic acids is 2. The molecule has 0 radical (unpaired) electrons. The molecule has 1 fully saturated rings. The van der Waals surface area contributed by atoms with Gasteiger partial charge < -0.3 is 14.2 Å². The summed E-state index contributed by atoms with van der Waals surface area (Å²) in [7, 11) is 1.53. The minimum absolute atomic E-state index is 0.154. The zero-order valence-electron chi connectivity index (χ0n) is 17.1. The van der Waals surface area contributed by atoms with E-state index in [9.17, 15) is 14.0 Å². The van der Waals surface area contributed by atoms with E-state index < -0.39 is 16.5 Å². The first-order valence-electron chi connectivity index (χ1n) is 9.90. The SMILES string of the molecule is CCOC(=O)C1(c2ccccc2-c2ccc(OC(=O)c3csc(F)c3)cc2OC)CC1. The molecule has 1 saturated carbocycles. The first-order valence-corrected chi connectivity index (χ1v) is 10.8. The Labute approximate surface area is 183 Å². The number of hydrogen-bond donors (Lipinski definition) is 0. The number of benzene rings is 2. The lowest BCUT2D eigenvalue weighted by molar-refractivity contribution is -0.146. The third-order valence-electron chi connectivity index (χ3n) is 5.34. The molecule has 0 spiro atoms. The van der Waals surface area contributed by atoms with Crippen molar-refractivity contribution in [2.24, 2.45) is 0 Å². The predicted molar refractivity (Wildman–Crippen MR) is 115 cm³/mol. The van der Waals surface area contributed by atoms with Crippen molar-refractivity contribution in [1.29, 1.82) is 0 Å². The number of methoxy groups -OCH3 is 1. The molecule has 7 heteroatoms. The number of ether oxygens (including phenoxy) is 3. The quantitative estimate of drug-likeness (QED) is 0.365. The van der Waals surface area contributed by atoms with E-state index in [4.69, 9.17) is 14.2 Å². The van der Waals surface area contributed by atoms with Crippen molar-refractivity contribution in [3.05, 3.63) is 70.2 Å². The molecular formula is C24H21FO5S. The Hall–Kier alpha value is -3.19. The van der Waals surface area contributed by atoms with E-state index in [-0.39, 0.29) is 17.3 Å². The fourth-order valence-electron chi connectivity index (χ4n) is 3.65. The van der Waals surface area contributed by atoms with Crippen LogP contribution in [0.5, 0.6) is 11.5 Å². The van der Waals surface area contributed by atoms with E-state index in [1.165, 1.54) is 12.5 Å². The van der Waals surface area contributed by atoms with Gasteiger partial charge in [-0.05, 0) is 49.1 Å². The minimum Gasteiger partial charge on any atom is -0.496 e. The summed E-state index contributed by atoms with van der Waals surface area (Å²) in [5.41, 5.74) is 2.05. The van der Waals surface area contributed by atoms with Crippen molar-refractivity contribution in [1.82, 2.24) is 0 Å². The first-order chi connectivity index (χ1) is 15.0. The summed E-state index contributed by atoms with van der Waals surface area (Å²) in [6.45, 7) is 2.13. The molecule has 0 atom stereocenters. The van der Waals surface area contributed by atoms with Crippen LogP contribution in [0.4, 0.5) is 4.39 Å². The van der Waals surface area contributed by atoms with E-state index in [0.29, 0.717) is 12.4 Å². The average Bonchev–Trinajstić information content (AvgIpc) is 3.48. The number of halogens is 1. The molecule has 3 aromatic rings. The van der Waals surface area contributed by atoms with Crippen molar-refractivity contribution >= 4 is 23.3 Å². The Kier molecular flexibility index (Phi) is 5.78. The fraction of sp³-hybridized carbons (Fsp3) is 0.250. The highest BCUT2D eigenvalue weighted by molar-refractivity contribution is 7.08. The van der Waals surface area contributed by atoms with E-state index in [1.807, 2.05) is 24.3 Å². The molecule has 1 aromatic heterocycles. The van der Waals surface area contributed by atoms with Gasteiger partial charge >= 0.3 is 11.9 Å². The molecule has 1 aliphatic carbocycles. The average molecular weight is 440 g/mol. The molecule has 1 aliphatic rings. The monoisotopic (exact) mass is 440 g/mol. The van der Waals surface area contributed by atoms with Crippen molar-refractivity contribution in [3.63, 3.8) is 0 Å². The van der Waals surface area contributed by atoms with Crippen molar-refractivity contribution in [2.45, 2.75) is 25.2 Å². The maximum Gasteiger partial charge on any atom is 0.344 e. The van der Waals surface area contributed by atoms with Gasteiger partial charge in [-0.25, -0.2) is 4.79 Å². The number of thiophene rings is 1. The molecule has 31 heavy (non-hydrogen) atoms. The van der Waals surface area contributed by atoms with Crippen LogP contribution in [0.15, 0.2) is 53.9 Å². The topological polar surface area (TPSA) is 61.8 Å². The van der Waals surface area contributed by atoms with Crippen molar-refractivity contribution in [3.8, 4) is 22.6 Å². The number of hydrogen-bond acceptors (Lipinski definition) is 6. The van der Waals surface area contributed by atoms with Crippen LogP contribution >= 0.6 is 11.3 Å². The van der Waals surface area contributed by atoms with Gasteiger partial charge in [0, 0.05) is 17.0 Å². The molecule has 2 aromatic carbocycles. The highest BCUT2D eigenvalue weighted by Gasteiger charge is 2.53. The van der Waals surface area contributed by atoms with Crippen molar-refractivity contribution < 1.29 is 28.2 Å². The summed E-state index contributed by atoms with van der Waals surface area (Å²) >= 11 is 0.836. The normalized spacial score (nSPS) is 14.0. The predicted octanol–water partition coefficient (Wildman–Crippen LogP) is 5.38. The zero-order valence-corrected chi connectivity index (χ0v) is 18.0. The zero-order chi connectivity index (χ0) is 22.0. The summed E-state index contributed by atoms with van der Waals surface area (Å²) in [5, 5.41) is 0.955. The van der Waals surface area contributed by atoms with Crippen LogP contribution in [-0.2, 0) is 14.9 Å². The second-order valence-electron chi connectivity index (χ2n) is 7.24. The van der Waals surface area contributed by atoms with E-state index in [1.54, 1.807) is 25.1 Å². The highest BCUT2D eigenvalue weighted by atomic mass is 32.1. The molecule has 1 heterocycles.